The van der Waals surface area contributed by atoms with Crippen molar-refractivity contribution in [2.75, 3.05) is 6.54 Å². The summed E-state index contributed by atoms with van der Waals surface area (Å²) >= 11 is 0. The van der Waals surface area contributed by atoms with Gasteiger partial charge in [-0.25, -0.2) is 18.3 Å². The van der Waals surface area contributed by atoms with Crippen LogP contribution in [-0.4, -0.2) is 50.2 Å². The van der Waals surface area contributed by atoms with Crippen LogP contribution in [0.5, 0.6) is 0 Å². The number of aryl methyl sites for hydroxylation is 1. The van der Waals surface area contributed by atoms with Gasteiger partial charge in [0.1, 0.15) is 17.8 Å². The third-order valence-electron chi connectivity index (χ3n) is 6.08. The minimum Gasteiger partial charge on any atom is -0.373 e. The molecule has 0 bridgehead atoms. The number of alkyl halides is 1. The number of piperidine rings is 1. The average Bonchev–Trinajstić information content (AvgIpc) is 2.95. The minimum atomic E-state index is -1.18. The highest BCUT2D eigenvalue weighted by Crippen LogP contribution is 2.28. The molecule has 2 aromatic rings. The molecule has 166 valence electrons. The number of hydrogen-bond donors (Lipinski definition) is 0. The van der Waals surface area contributed by atoms with Crippen LogP contribution in [0.25, 0.3) is 0 Å². The standard InChI is InChI=1S/C22H32F2N4O2/c1-5-20-11-21(30-14-17-6-8-18(23)9-7-17)10-15(2)27(20)12-19(24)13-28-22(29)26(4)16(3)25-28/h6-9,15,19-21H,5,10-14H2,1-4H3/t15?,19-,20?,21?/m0/s1. The summed E-state index contributed by atoms with van der Waals surface area (Å²) in [5.74, 6) is 0.321. The molecule has 1 aliphatic heterocycles. The molecule has 0 saturated carbocycles. The van der Waals surface area contributed by atoms with E-state index in [1.165, 1.54) is 21.4 Å². The maximum absolute atomic E-state index is 14.9. The fraction of sp³-hybridized carbons (Fsp3) is 0.636. The van der Waals surface area contributed by atoms with Gasteiger partial charge in [0.2, 0.25) is 0 Å². The molecule has 6 nitrogen and oxygen atoms in total. The normalized spacial score (nSPS) is 23.6. The summed E-state index contributed by atoms with van der Waals surface area (Å²) in [5.41, 5.74) is 0.655. The number of halogens is 2. The van der Waals surface area contributed by atoms with Crippen molar-refractivity contribution in [3.8, 4) is 0 Å². The molecule has 0 N–H and O–H groups in total. The predicted molar refractivity (Wildman–Crippen MR) is 112 cm³/mol. The highest BCUT2D eigenvalue weighted by molar-refractivity contribution is 5.15. The van der Waals surface area contributed by atoms with Gasteiger partial charge in [-0.2, -0.15) is 5.10 Å². The summed E-state index contributed by atoms with van der Waals surface area (Å²) < 4.78 is 36.6. The summed E-state index contributed by atoms with van der Waals surface area (Å²) in [6.07, 6.45) is 1.45. The van der Waals surface area contributed by atoms with Crippen molar-refractivity contribution in [1.82, 2.24) is 19.2 Å². The molecule has 0 amide bonds. The van der Waals surface area contributed by atoms with Crippen LogP contribution in [0.1, 0.15) is 44.5 Å². The van der Waals surface area contributed by atoms with Crippen molar-refractivity contribution >= 4 is 0 Å². The minimum absolute atomic E-state index is 0.0370. The van der Waals surface area contributed by atoms with Crippen molar-refractivity contribution < 1.29 is 13.5 Å². The SMILES string of the molecule is CCC1CC(OCc2ccc(F)cc2)CC(C)N1C[C@H](F)Cn1nc(C)n(C)c1=O. The molecular weight excluding hydrogens is 390 g/mol. The van der Waals surface area contributed by atoms with E-state index in [1.54, 1.807) is 26.1 Å². The zero-order valence-electron chi connectivity index (χ0n) is 18.2. The zero-order valence-corrected chi connectivity index (χ0v) is 18.2. The summed E-state index contributed by atoms with van der Waals surface area (Å²) in [7, 11) is 1.64. The predicted octanol–water partition coefficient (Wildman–Crippen LogP) is 3.22. The summed E-state index contributed by atoms with van der Waals surface area (Å²) in [4.78, 5) is 14.3. The molecule has 1 saturated heterocycles. The highest BCUT2D eigenvalue weighted by atomic mass is 19.1. The highest BCUT2D eigenvalue weighted by Gasteiger charge is 2.34. The van der Waals surface area contributed by atoms with Crippen molar-refractivity contribution in [3.05, 3.63) is 52.0 Å². The molecular formula is C22H32F2N4O2. The Hall–Kier alpha value is -2.06. The second kappa shape index (κ2) is 9.83. The Morgan fingerprint density at radius 1 is 1.23 bits per heavy atom. The third-order valence-corrected chi connectivity index (χ3v) is 6.08. The van der Waals surface area contributed by atoms with Crippen LogP contribution in [0.2, 0.25) is 0 Å². The van der Waals surface area contributed by atoms with E-state index in [0.717, 1.165) is 24.8 Å². The summed E-state index contributed by atoms with van der Waals surface area (Å²) in [6.45, 7) is 6.61. The van der Waals surface area contributed by atoms with Gasteiger partial charge in [0, 0.05) is 25.7 Å². The van der Waals surface area contributed by atoms with E-state index in [-0.39, 0.29) is 42.8 Å². The molecule has 3 rings (SSSR count). The second-order valence-corrected chi connectivity index (χ2v) is 8.31. The summed E-state index contributed by atoms with van der Waals surface area (Å²) in [6, 6.07) is 6.73. The van der Waals surface area contributed by atoms with Gasteiger partial charge in [-0.05, 0) is 50.8 Å². The van der Waals surface area contributed by atoms with E-state index < -0.39 is 6.17 Å². The molecule has 1 aromatic carbocycles. The van der Waals surface area contributed by atoms with Gasteiger partial charge in [0.05, 0.1) is 19.3 Å². The fourth-order valence-electron chi connectivity index (χ4n) is 4.26. The van der Waals surface area contributed by atoms with Gasteiger partial charge in [0.25, 0.3) is 0 Å². The van der Waals surface area contributed by atoms with E-state index in [0.29, 0.717) is 12.4 Å². The molecule has 1 aromatic heterocycles. The smallest absolute Gasteiger partial charge is 0.345 e. The number of likely N-dealkylation sites (tertiary alicyclic amines) is 1. The van der Waals surface area contributed by atoms with Crippen LogP contribution < -0.4 is 5.69 Å². The van der Waals surface area contributed by atoms with Gasteiger partial charge < -0.3 is 4.74 Å². The van der Waals surface area contributed by atoms with Crippen LogP contribution in [-0.2, 0) is 24.9 Å². The fourth-order valence-corrected chi connectivity index (χ4v) is 4.26. The Morgan fingerprint density at radius 2 is 1.93 bits per heavy atom. The molecule has 30 heavy (non-hydrogen) atoms. The largest absolute Gasteiger partial charge is 0.373 e. The number of hydrogen-bond acceptors (Lipinski definition) is 4. The first-order chi connectivity index (χ1) is 14.3. The Bertz CT molecular complexity index is 880. The molecule has 0 radical (unpaired) electrons. The first-order valence-electron chi connectivity index (χ1n) is 10.6. The topological polar surface area (TPSA) is 52.3 Å². The lowest BCUT2D eigenvalue weighted by Crippen LogP contribution is -2.52. The first-order valence-corrected chi connectivity index (χ1v) is 10.6. The van der Waals surface area contributed by atoms with Crippen molar-refractivity contribution in [2.24, 2.45) is 7.05 Å². The Balaban J connectivity index is 1.56. The number of nitrogens with zero attached hydrogens (tertiary/aromatic N) is 4. The van der Waals surface area contributed by atoms with Crippen molar-refractivity contribution in [1.29, 1.82) is 0 Å². The Kier molecular flexibility index (Phi) is 7.41. The zero-order chi connectivity index (χ0) is 21.8. The van der Waals surface area contributed by atoms with E-state index >= 15 is 0 Å². The molecule has 1 fully saturated rings. The number of aromatic nitrogens is 3. The van der Waals surface area contributed by atoms with Crippen LogP contribution in [0.3, 0.4) is 0 Å². The lowest BCUT2D eigenvalue weighted by molar-refractivity contribution is -0.0527. The number of ether oxygens (including phenoxy) is 1. The average molecular weight is 423 g/mol. The van der Waals surface area contributed by atoms with Gasteiger partial charge in [-0.15, -0.1) is 0 Å². The number of benzene rings is 1. The van der Waals surface area contributed by atoms with Crippen LogP contribution in [0.15, 0.2) is 29.1 Å². The molecule has 1 aliphatic rings. The van der Waals surface area contributed by atoms with Crippen molar-refractivity contribution in [3.63, 3.8) is 0 Å². The molecule has 4 atom stereocenters. The van der Waals surface area contributed by atoms with Gasteiger partial charge in [-0.1, -0.05) is 19.1 Å². The lowest BCUT2D eigenvalue weighted by Gasteiger charge is -2.44. The van der Waals surface area contributed by atoms with Gasteiger partial charge in [0.15, 0.2) is 0 Å². The first kappa shape index (κ1) is 22.6. The van der Waals surface area contributed by atoms with E-state index in [4.69, 9.17) is 4.74 Å². The van der Waals surface area contributed by atoms with E-state index in [2.05, 4.69) is 23.8 Å². The monoisotopic (exact) mass is 422 g/mol. The maximum Gasteiger partial charge on any atom is 0.345 e. The Morgan fingerprint density at radius 3 is 2.53 bits per heavy atom. The molecule has 0 spiro atoms. The maximum atomic E-state index is 14.9. The van der Waals surface area contributed by atoms with Crippen LogP contribution in [0, 0.1) is 12.7 Å². The molecule has 8 heteroatoms. The van der Waals surface area contributed by atoms with Crippen LogP contribution in [0.4, 0.5) is 8.78 Å². The summed E-state index contributed by atoms with van der Waals surface area (Å²) in [5, 5.41) is 4.14. The molecule has 3 unspecified atom stereocenters. The van der Waals surface area contributed by atoms with E-state index in [1.807, 2.05) is 0 Å². The van der Waals surface area contributed by atoms with Crippen LogP contribution >= 0.6 is 0 Å². The van der Waals surface area contributed by atoms with Crippen molar-refractivity contribution in [2.45, 2.75) is 77.5 Å². The second-order valence-electron chi connectivity index (χ2n) is 8.31. The lowest BCUT2D eigenvalue weighted by atomic mass is 9.92. The Labute approximate surface area is 176 Å². The van der Waals surface area contributed by atoms with E-state index in [9.17, 15) is 13.6 Å². The molecule has 2 heterocycles. The molecule has 0 aliphatic carbocycles. The van der Waals surface area contributed by atoms with Gasteiger partial charge >= 0.3 is 5.69 Å². The van der Waals surface area contributed by atoms with Gasteiger partial charge in [-0.3, -0.25) is 9.47 Å². The quantitative estimate of drug-likeness (QED) is 0.656. The third kappa shape index (κ3) is 5.35. The number of rotatable bonds is 8.